The number of carbonyl (C=O) groups excluding carboxylic acids is 1. The van der Waals surface area contributed by atoms with Gasteiger partial charge in [0.05, 0.1) is 22.0 Å². The topological polar surface area (TPSA) is 55.2 Å². The minimum atomic E-state index is -0.311. The molecule has 0 saturated heterocycles. The third kappa shape index (κ3) is 4.33. The Labute approximate surface area is 189 Å². The third-order valence-electron chi connectivity index (χ3n) is 5.03. The van der Waals surface area contributed by atoms with Crippen molar-refractivity contribution in [2.75, 3.05) is 7.05 Å². The molecule has 0 radical (unpaired) electrons. The minimum Gasteiger partial charge on any atom is -0.336 e. The van der Waals surface area contributed by atoms with Gasteiger partial charge in [-0.3, -0.25) is 9.59 Å². The number of hydrogen-bond donors (Lipinski definition) is 0. The van der Waals surface area contributed by atoms with E-state index in [0.717, 1.165) is 11.1 Å². The maximum Gasteiger partial charge on any atom is 0.274 e. The van der Waals surface area contributed by atoms with E-state index in [4.69, 9.17) is 23.2 Å². The Kier molecular flexibility index (Phi) is 6.07. The van der Waals surface area contributed by atoms with Crippen LogP contribution in [0.15, 0.2) is 77.6 Å². The molecule has 1 amide bonds. The molecule has 0 saturated carbocycles. The fraction of sp³-hybridized carbons (Fsp3) is 0.125. The molecule has 0 unspecified atom stereocenters. The fourth-order valence-corrected chi connectivity index (χ4v) is 3.82. The number of rotatable bonds is 5. The van der Waals surface area contributed by atoms with E-state index in [9.17, 15) is 9.59 Å². The molecule has 5 nitrogen and oxygen atoms in total. The van der Waals surface area contributed by atoms with E-state index in [2.05, 4.69) is 5.10 Å². The summed E-state index contributed by atoms with van der Waals surface area (Å²) in [6.45, 7) is 0.528. The molecule has 4 rings (SSSR count). The van der Waals surface area contributed by atoms with Gasteiger partial charge in [-0.15, -0.1) is 0 Å². The highest BCUT2D eigenvalue weighted by Gasteiger charge is 2.21. The average molecular weight is 452 g/mol. The Bertz CT molecular complexity index is 1320. The van der Waals surface area contributed by atoms with E-state index in [1.165, 1.54) is 9.58 Å². The van der Waals surface area contributed by atoms with Gasteiger partial charge in [0, 0.05) is 19.0 Å². The van der Waals surface area contributed by atoms with E-state index in [1.54, 1.807) is 43.4 Å². The molecule has 7 heteroatoms. The second kappa shape index (κ2) is 8.92. The highest BCUT2D eigenvalue weighted by atomic mass is 35.5. The molecule has 0 aliphatic heterocycles. The summed E-state index contributed by atoms with van der Waals surface area (Å²) < 4.78 is 1.34. The van der Waals surface area contributed by atoms with Crippen LogP contribution in [0.3, 0.4) is 0 Å². The van der Waals surface area contributed by atoms with Crippen LogP contribution in [-0.2, 0) is 13.1 Å². The van der Waals surface area contributed by atoms with Crippen molar-refractivity contribution in [1.29, 1.82) is 0 Å². The average Bonchev–Trinajstić information content (AvgIpc) is 2.79. The van der Waals surface area contributed by atoms with Crippen LogP contribution in [0.4, 0.5) is 0 Å². The largest absolute Gasteiger partial charge is 0.336 e. The van der Waals surface area contributed by atoms with E-state index in [-0.39, 0.29) is 30.2 Å². The Morgan fingerprint density at radius 3 is 2.35 bits per heavy atom. The van der Waals surface area contributed by atoms with Crippen LogP contribution in [0, 0.1) is 0 Å². The Balaban J connectivity index is 1.75. The van der Waals surface area contributed by atoms with Crippen molar-refractivity contribution in [3.05, 3.63) is 110 Å². The number of fused-ring (bicyclic) bond motifs is 1. The third-order valence-corrected chi connectivity index (χ3v) is 5.89. The van der Waals surface area contributed by atoms with Crippen molar-refractivity contribution in [3.63, 3.8) is 0 Å². The molecule has 0 bridgehead atoms. The molecule has 0 N–H and O–H groups in total. The summed E-state index contributed by atoms with van der Waals surface area (Å²) in [6, 6.07) is 21.9. The number of halogens is 2. The molecule has 1 aromatic heterocycles. The summed E-state index contributed by atoms with van der Waals surface area (Å²) in [5.41, 5.74) is 1.63. The van der Waals surface area contributed by atoms with Crippen molar-refractivity contribution in [1.82, 2.24) is 14.7 Å². The number of carbonyl (C=O) groups is 1. The van der Waals surface area contributed by atoms with Crippen LogP contribution in [-0.4, -0.2) is 27.6 Å². The molecular weight excluding hydrogens is 433 g/mol. The Hall–Kier alpha value is -3.15. The molecule has 0 spiro atoms. The van der Waals surface area contributed by atoms with Gasteiger partial charge in [-0.1, -0.05) is 83.9 Å². The lowest BCUT2D eigenvalue weighted by atomic mass is 10.1. The van der Waals surface area contributed by atoms with Crippen LogP contribution in [0.5, 0.6) is 0 Å². The maximum atomic E-state index is 13.3. The van der Waals surface area contributed by atoms with Crippen LogP contribution >= 0.6 is 23.2 Å². The van der Waals surface area contributed by atoms with Crippen LogP contribution in [0.2, 0.25) is 10.0 Å². The first-order chi connectivity index (χ1) is 15.0. The quantitative estimate of drug-likeness (QED) is 0.427. The summed E-state index contributed by atoms with van der Waals surface area (Å²) in [7, 11) is 1.67. The number of benzene rings is 3. The lowest BCUT2D eigenvalue weighted by Gasteiger charge is -2.19. The lowest BCUT2D eigenvalue weighted by molar-refractivity contribution is 0.0779. The molecule has 1 heterocycles. The molecule has 3 aromatic carbocycles. The fourth-order valence-electron chi connectivity index (χ4n) is 3.44. The van der Waals surface area contributed by atoms with E-state index in [1.807, 2.05) is 36.4 Å². The summed E-state index contributed by atoms with van der Waals surface area (Å²) in [5, 5.41) is 6.26. The van der Waals surface area contributed by atoms with E-state index < -0.39 is 0 Å². The first kappa shape index (κ1) is 21.1. The second-order valence-electron chi connectivity index (χ2n) is 7.22. The van der Waals surface area contributed by atoms with Gasteiger partial charge in [-0.2, -0.15) is 5.10 Å². The van der Waals surface area contributed by atoms with Gasteiger partial charge in [-0.05, 0) is 23.3 Å². The zero-order valence-electron chi connectivity index (χ0n) is 16.8. The molecule has 0 fully saturated rings. The highest BCUT2D eigenvalue weighted by Crippen LogP contribution is 2.27. The number of amides is 1. The van der Waals surface area contributed by atoms with Crippen molar-refractivity contribution in [3.8, 4) is 0 Å². The normalized spacial score (nSPS) is 10.9. The molecule has 0 aliphatic carbocycles. The first-order valence-corrected chi connectivity index (χ1v) is 10.4. The summed E-state index contributed by atoms with van der Waals surface area (Å²) in [6.07, 6.45) is 0. The second-order valence-corrected chi connectivity index (χ2v) is 8.00. The summed E-state index contributed by atoms with van der Waals surface area (Å²) in [4.78, 5) is 27.9. The Morgan fingerprint density at radius 1 is 0.935 bits per heavy atom. The van der Waals surface area contributed by atoms with Gasteiger partial charge in [-0.25, -0.2) is 4.68 Å². The predicted octanol–water partition coefficient (Wildman–Crippen LogP) is 5.02. The highest BCUT2D eigenvalue weighted by molar-refractivity contribution is 6.42. The smallest absolute Gasteiger partial charge is 0.274 e. The molecule has 0 aliphatic rings. The maximum absolute atomic E-state index is 13.3. The SMILES string of the molecule is CN(Cc1cccc(Cl)c1Cl)C(=O)c1nn(Cc2ccccc2)c(=O)c2ccccc12. The number of nitrogens with zero attached hydrogens (tertiary/aromatic N) is 3. The monoisotopic (exact) mass is 451 g/mol. The van der Waals surface area contributed by atoms with Crippen molar-refractivity contribution in [2.24, 2.45) is 0 Å². The van der Waals surface area contributed by atoms with Crippen LogP contribution < -0.4 is 5.56 Å². The lowest BCUT2D eigenvalue weighted by Crippen LogP contribution is -2.32. The van der Waals surface area contributed by atoms with Gasteiger partial charge in [0.1, 0.15) is 0 Å². The first-order valence-electron chi connectivity index (χ1n) is 9.68. The van der Waals surface area contributed by atoms with Crippen LogP contribution in [0.1, 0.15) is 21.6 Å². The van der Waals surface area contributed by atoms with E-state index in [0.29, 0.717) is 20.8 Å². The number of hydrogen-bond acceptors (Lipinski definition) is 3. The molecule has 0 atom stereocenters. The van der Waals surface area contributed by atoms with Gasteiger partial charge >= 0.3 is 0 Å². The van der Waals surface area contributed by atoms with E-state index >= 15 is 0 Å². The zero-order chi connectivity index (χ0) is 22.0. The standard InChI is InChI=1S/C24H19Cl2N3O2/c1-28(15-17-10-7-13-20(25)21(17)26)24(31)22-18-11-5-6-12-19(18)23(30)29(27-22)14-16-8-3-2-4-9-16/h2-13H,14-15H2,1H3. The summed E-state index contributed by atoms with van der Waals surface area (Å²) in [5.74, 6) is -0.311. The minimum absolute atomic E-state index is 0.215. The Morgan fingerprint density at radius 2 is 1.61 bits per heavy atom. The van der Waals surface area contributed by atoms with Gasteiger partial charge in [0.2, 0.25) is 0 Å². The van der Waals surface area contributed by atoms with Crippen molar-refractivity contribution >= 4 is 39.9 Å². The van der Waals surface area contributed by atoms with Gasteiger partial charge in [0.15, 0.2) is 5.69 Å². The van der Waals surface area contributed by atoms with Crippen molar-refractivity contribution < 1.29 is 4.79 Å². The predicted molar refractivity (Wildman–Crippen MR) is 124 cm³/mol. The molecule has 156 valence electrons. The molecule has 31 heavy (non-hydrogen) atoms. The summed E-state index contributed by atoms with van der Waals surface area (Å²) >= 11 is 12.4. The van der Waals surface area contributed by atoms with Crippen LogP contribution in [0.25, 0.3) is 10.8 Å². The van der Waals surface area contributed by atoms with Gasteiger partial charge < -0.3 is 4.90 Å². The van der Waals surface area contributed by atoms with Gasteiger partial charge in [0.25, 0.3) is 11.5 Å². The molecular formula is C24H19Cl2N3O2. The number of aromatic nitrogens is 2. The van der Waals surface area contributed by atoms with Crippen molar-refractivity contribution in [2.45, 2.75) is 13.1 Å². The molecule has 4 aromatic rings. The zero-order valence-corrected chi connectivity index (χ0v) is 18.3.